The van der Waals surface area contributed by atoms with Crippen molar-refractivity contribution >= 4 is 5.97 Å². The van der Waals surface area contributed by atoms with Crippen LogP contribution in [0.25, 0.3) is 0 Å². The van der Waals surface area contributed by atoms with E-state index in [9.17, 15) is 9.90 Å². The average molecular weight is 195 g/mol. The van der Waals surface area contributed by atoms with Crippen LogP contribution in [0.1, 0.15) is 5.56 Å². The zero-order valence-electron chi connectivity index (χ0n) is 8.07. The first-order valence-electron chi connectivity index (χ1n) is 4.08. The van der Waals surface area contributed by atoms with Crippen molar-refractivity contribution in [3.63, 3.8) is 0 Å². The van der Waals surface area contributed by atoms with Gasteiger partial charge in [0.25, 0.3) is 0 Å². The maximum Gasteiger partial charge on any atom is 0.360 e. The van der Waals surface area contributed by atoms with Gasteiger partial charge in [0.05, 0.1) is 20.6 Å². The molecule has 0 aromatic heterocycles. The van der Waals surface area contributed by atoms with Gasteiger partial charge in [-0.25, -0.2) is 9.90 Å². The van der Waals surface area contributed by atoms with Crippen LogP contribution >= 0.6 is 0 Å². The Morgan fingerprint density at radius 1 is 1.29 bits per heavy atom. The van der Waals surface area contributed by atoms with Crippen molar-refractivity contribution in [2.75, 3.05) is 14.2 Å². The molecule has 0 unspecified atom stereocenters. The third-order valence-corrected chi connectivity index (χ3v) is 1.82. The summed E-state index contributed by atoms with van der Waals surface area (Å²) in [6, 6.07) is 5.08. The predicted octanol–water partition coefficient (Wildman–Crippen LogP) is 1.20. The summed E-state index contributed by atoms with van der Waals surface area (Å²) in [6.45, 7) is 0. The number of benzene rings is 1. The van der Waals surface area contributed by atoms with E-state index in [0.717, 1.165) is 0 Å². The minimum absolute atomic E-state index is 0.180. The predicted molar refractivity (Wildman–Crippen MR) is 48.9 cm³/mol. The summed E-state index contributed by atoms with van der Waals surface area (Å²) in [5, 5.41) is 10.4. The Labute approximate surface area is 82.1 Å². The molecule has 0 spiro atoms. The van der Waals surface area contributed by atoms with E-state index in [1.54, 1.807) is 18.2 Å². The highest BCUT2D eigenvalue weighted by molar-refractivity contribution is 5.71. The molecule has 0 amide bonds. The molecule has 0 saturated carbocycles. The van der Waals surface area contributed by atoms with Crippen LogP contribution in [0, 0.1) is 0 Å². The first-order chi connectivity index (χ1) is 6.69. The third-order valence-electron chi connectivity index (χ3n) is 1.82. The summed E-state index contributed by atoms with van der Waals surface area (Å²) in [6.07, 6.45) is -0.180. The second-order valence-corrected chi connectivity index (χ2v) is 2.70. The van der Waals surface area contributed by atoms with Crippen LogP contribution < -0.4 is 9.47 Å². The number of hydrogen-bond donors (Lipinski definition) is 0. The van der Waals surface area contributed by atoms with Crippen LogP contribution in [0.5, 0.6) is 11.5 Å². The monoisotopic (exact) mass is 195 g/mol. The molecule has 0 atom stereocenters. The maximum atomic E-state index is 10.4. The Hall–Kier alpha value is -1.71. The fourth-order valence-electron chi connectivity index (χ4n) is 1.25. The lowest BCUT2D eigenvalue weighted by molar-refractivity contribution is -0.142. The van der Waals surface area contributed by atoms with E-state index >= 15 is 0 Å². The van der Waals surface area contributed by atoms with Crippen molar-refractivity contribution in [1.82, 2.24) is 0 Å². The van der Waals surface area contributed by atoms with E-state index in [4.69, 9.17) is 9.47 Å². The lowest BCUT2D eigenvalue weighted by Crippen LogP contribution is -2.02. The zero-order chi connectivity index (χ0) is 10.6. The number of carbonyl (C=O) groups excluding carboxylic acids is 1. The summed E-state index contributed by atoms with van der Waals surface area (Å²) < 4.78 is 10.1. The average Bonchev–Trinajstić information content (AvgIpc) is 2.16. The summed E-state index contributed by atoms with van der Waals surface area (Å²) in [5.74, 6) is -0.179. The molecular formula is C10H11O4. The van der Waals surface area contributed by atoms with E-state index in [2.05, 4.69) is 0 Å². The molecule has 14 heavy (non-hydrogen) atoms. The number of rotatable bonds is 4. The van der Waals surface area contributed by atoms with Crippen molar-refractivity contribution in [2.24, 2.45) is 0 Å². The molecule has 0 bridgehead atoms. The van der Waals surface area contributed by atoms with Crippen LogP contribution in [-0.4, -0.2) is 20.2 Å². The van der Waals surface area contributed by atoms with E-state index < -0.39 is 5.97 Å². The lowest BCUT2D eigenvalue weighted by atomic mass is 10.1. The number of ether oxygens (including phenoxy) is 2. The number of methoxy groups -OCH3 is 2. The van der Waals surface area contributed by atoms with Crippen molar-refractivity contribution in [3.8, 4) is 11.5 Å². The van der Waals surface area contributed by atoms with Crippen molar-refractivity contribution < 1.29 is 19.4 Å². The first-order valence-corrected chi connectivity index (χ1v) is 4.08. The molecule has 75 valence electrons. The summed E-state index contributed by atoms with van der Waals surface area (Å²) in [7, 11) is 2.97. The molecule has 0 aliphatic rings. The third kappa shape index (κ3) is 2.16. The quantitative estimate of drug-likeness (QED) is 0.725. The zero-order valence-corrected chi connectivity index (χ0v) is 8.07. The number of para-hydroxylation sites is 1. The molecule has 1 aromatic carbocycles. The van der Waals surface area contributed by atoms with Gasteiger partial charge in [0.15, 0.2) is 11.5 Å². The topological polar surface area (TPSA) is 55.4 Å². The molecule has 1 aromatic rings. The maximum absolute atomic E-state index is 10.4. The summed E-state index contributed by atoms with van der Waals surface area (Å²) in [4.78, 5) is 10.4. The number of hydrogen-bond acceptors (Lipinski definition) is 3. The van der Waals surface area contributed by atoms with E-state index in [-0.39, 0.29) is 6.42 Å². The van der Waals surface area contributed by atoms with Gasteiger partial charge in [-0.05, 0) is 6.07 Å². The minimum atomic E-state index is -1.14. The van der Waals surface area contributed by atoms with Crippen molar-refractivity contribution in [3.05, 3.63) is 23.8 Å². The first kappa shape index (κ1) is 10.4. The van der Waals surface area contributed by atoms with Gasteiger partial charge in [-0.2, -0.15) is 0 Å². The molecule has 0 saturated heterocycles. The molecular weight excluding hydrogens is 184 g/mol. The standard InChI is InChI=1S/C10H11O4/c1-13-8-5-3-4-7(6-9(11)12)10(8)14-2/h3-5H,6H2,1-2H3. The van der Waals surface area contributed by atoms with Crippen molar-refractivity contribution in [1.29, 1.82) is 0 Å². The molecule has 0 N–H and O–H groups in total. The van der Waals surface area contributed by atoms with Crippen LogP contribution in [0.4, 0.5) is 0 Å². The Balaban J connectivity index is 3.08. The van der Waals surface area contributed by atoms with Crippen LogP contribution in [0.15, 0.2) is 18.2 Å². The van der Waals surface area contributed by atoms with Crippen molar-refractivity contribution in [2.45, 2.75) is 6.42 Å². The fraction of sp³-hybridized carbons (Fsp3) is 0.300. The highest BCUT2D eigenvalue weighted by Crippen LogP contribution is 2.30. The molecule has 0 heterocycles. The van der Waals surface area contributed by atoms with E-state index in [1.165, 1.54) is 14.2 Å². The van der Waals surface area contributed by atoms with Gasteiger partial charge in [-0.1, -0.05) is 12.1 Å². The Bertz CT molecular complexity index is 333. The molecule has 0 fully saturated rings. The Morgan fingerprint density at radius 2 is 2.00 bits per heavy atom. The van der Waals surface area contributed by atoms with Gasteiger partial charge in [-0.3, -0.25) is 0 Å². The van der Waals surface area contributed by atoms with Crippen LogP contribution in [0.3, 0.4) is 0 Å². The van der Waals surface area contributed by atoms with Gasteiger partial charge >= 0.3 is 5.97 Å². The highest BCUT2D eigenvalue weighted by Gasteiger charge is 2.12. The largest absolute Gasteiger partial charge is 0.493 e. The van der Waals surface area contributed by atoms with Gasteiger partial charge in [-0.15, -0.1) is 0 Å². The molecule has 0 aliphatic heterocycles. The summed E-state index contributed by atoms with van der Waals surface area (Å²) in [5.41, 5.74) is 0.548. The molecule has 4 nitrogen and oxygen atoms in total. The van der Waals surface area contributed by atoms with Gasteiger partial charge < -0.3 is 9.47 Å². The second kappa shape index (κ2) is 4.50. The minimum Gasteiger partial charge on any atom is -0.493 e. The van der Waals surface area contributed by atoms with Gasteiger partial charge in [0.1, 0.15) is 0 Å². The highest BCUT2D eigenvalue weighted by atomic mass is 16.5. The Morgan fingerprint density at radius 3 is 2.50 bits per heavy atom. The number of carbonyl (C=O) groups is 1. The van der Waals surface area contributed by atoms with E-state index in [1.807, 2.05) is 0 Å². The molecule has 0 aliphatic carbocycles. The Kier molecular flexibility index (Phi) is 3.34. The SMILES string of the molecule is COc1cccc(CC([O])=O)c1OC. The van der Waals surface area contributed by atoms with Crippen LogP contribution in [0.2, 0.25) is 0 Å². The van der Waals surface area contributed by atoms with Gasteiger partial charge in [0, 0.05) is 5.56 Å². The normalized spacial score (nSPS) is 9.57. The summed E-state index contributed by atoms with van der Waals surface area (Å²) >= 11 is 0. The molecule has 1 rings (SSSR count). The fourth-order valence-corrected chi connectivity index (χ4v) is 1.25. The van der Waals surface area contributed by atoms with Crippen LogP contribution in [-0.2, 0) is 16.3 Å². The van der Waals surface area contributed by atoms with E-state index in [0.29, 0.717) is 17.1 Å². The lowest BCUT2D eigenvalue weighted by Gasteiger charge is -2.10. The molecule has 1 radical (unpaired) electrons. The smallest absolute Gasteiger partial charge is 0.360 e. The molecule has 4 heteroatoms. The second-order valence-electron chi connectivity index (χ2n) is 2.70. The van der Waals surface area contributed by atoms with Gasteiger partial charge in [0.2, 0.25) is 0 Å².